The second-order valence-electron chi connectivity index (χ2n) is 6.84. The van der Waals surface area contributed by atoms with Gasteiger partial charge in [0.2, 0.25) is 5.13 Å². The molecule has 2 aromatic heterocycles. The lowest BCUT2D eigenvalue weighted by Crippen LogP contribution is -2.37. The van der Waals surface area contributed by atoms with E-state index in [2.05, 4.69) is 19.8 Å². The monoisotopic (exact) mass is 345 g/mol. The van der Waals surface area contributed by atoms with E-state index in [0.717, 1.165) is 41.5 Å². The van der Waals surface area contributed by atoms with Gasteiger partial charge < -0.3 is 10.1 Å². The van der Waals surface area contributed by atoms with Crippen LogP contribution >= 0.6 is 11.5 Å². The molecule has 126 valence electrons. The van der Waals surface area contributed by atoms with Crippen LogP contribution in [0.2, 0.25) is 0 Å². The van der Waals surface area contributed by atoms with Crippen molar-refractivity contribution in [2.75, 3.05) is 18.5 Å². The van der Waals surface area contributed by atoms with E-state index in [1.165, 1.54) is 24.4 Å². The number of rotatable bonds is 4. The summed E-state index contributed by atoms with van der Waals surface area (Å²) in [7, 11) is 0. The number of nitrogens with zero attached hydrogens (tertiary/aromatic N) is 4. The van der Waals surface area contributed by atoms with Gasteiger partial charge in [-0.15, -0.1) is 0 Å². The second kappa shape index (κ2) is 5.63. The Hall–Kier alpha value is -1.80. The summed E-state index contributed by atoms with van der Waals surface area (Å²) in [4.78, 5) is 17.0. The number of hydrogen-bond acceptors (Lipinski definition) is 7. The van der Waals surface area contributed by atoms with Crippen LogP contribution in [0.1, 0.15) is 48.3 Å². The normalized spacial score (nSPS) is 25.8. The van der Waals surface area contributed by atoms with Gasteiger partial charge in [0.1, 0.15) is 11.9 Å². The average Bonchev–Trinajstić information content (AvgIpc) is 2.98. The maximum absolute atomic E-state index is 12.5. The first-order valence-corrected chi connectivity index (χ1v) is 9.35. The van der Waals surface area contributed by atoms with Gasteiger partial charge in [0.25, 0.3) is 5.56 Å². The van der Waals surface area contributed by atoms with E-state index in [1.54, 1.807) is 10.7 Å². The topological polar surface area (TPSA) is 81.9 Å². The number of nitrogens with one attached hydrogen (secondary N) is 1. The fraction of sp³-hybridized carbons (Fsp3) is 0.625. The SMILES string of the molecule is O=c1cc2c(nn1C1COCC1Nc1nc(C3CC3)ns1)CCC2. The van der Waals surface area contributed by atoms with Crippen LogP contribution in [-0.2, 0) is 17.6 Å². The third-order valence-corrected chi connectivity index (χ3v) is 5.70. The van der Waals surface area contributed by atoms with E-state index in [1.807, 2.05) is 0 Å². The van der Waals surface area contributed by atoms with E-state index >= 15 is 0 Å². The molecule has 1 aliphatic heterocycles. The largest absolute Gasteiger partial charge is 0.377 e. The summed E-state index contributed by atoms with van der Waals surface area (Å²) in [6.45, 7) is 1.05. The summed E-state index contributed by atoms with van der Waals surface area (Å²) in [5.74, 6) is 1.50. The Bertz CT molecular complexity index is 828. The second-order valence-corrected chi connectivity index (χ2v) is 7.59. The van der Waals surface area contributed by atoms with Gasteiger partial charge in [-0.3, -0.25) is 4.79 Å². The molecule has 3 heterocycles. The predicted octanol–water partition coefficient (Wildman–Crippen LogP) is 1.51. The first kappa shape index (κ1) is 14.5. The molecule has 2 aromatic rings. The van der Waals surface area contributed by atoms with Crippen molar-refractivity contribution in [3.8, 4) is 0 Å². The van der Waals surface area contributed by atoms with E-state index in [-0.39, 0.29) is 17.6 Å². The van der Waals surface area contributed by atoms with Gasteiger partial charge in [-0.2, -0.15) is 9.47 Å². The van der Waals surface area contributed by atoms with Gasteiger partial charge in [0, 0.05) is 23.5 Å². The highest BCUT2D eigenvalue weighted by Gasteiger charge is 2.34. The van der Waals surface area contributed by atoms with Crippen molar-refractivity contribution in [3.05, 3.63) is 33.5 Å². The van der Waals surface area contributed by atoms with E-state index in [4.69, 9.17) is 4.74 Å². The van der Waals surface area contributed by atoms with Crippen LogP contribution in [0.5, 0.6) is 0 Å². The summed E-state index contributed by atoms with van der Waals surface area (Å²) in [5, 5.41) is 8.84. The van der Waals surface area contributed by atoms with Crippen LogP contribution in [0, 0.1) is 0 Å². The Morgan fingerprint density at radius 2 is 2.21 bits per heavy atom. The highest BCUT2D eigenvalue weighted by molar-refractivity contribution is 7.09. The van der Waals surface area contributed by atoms with Gasteiger partial charge in [-0.25, -0.2) is 9.67 Å². The molecule has 8 heteroatoms. The predicted molar refractivity (Wildman–Crippen MR) is 89.7 cm³/mol. The number of fused-ring (bicyclic) bond motifs is 1. The Morgan fingerprint density at radius 1 is 1.29 bits per heavy atom. The Balaban J connectivity index is 1.39. The fourth-order valence-electron chi connectivity index (χ4n) is 3.53. The molecular formula is C16H19N5O2S. The van der Waals surface area contributed by atoms with Crippen molar-refractivity contribution in [1.82, 2.24) is 19.1 Å². The molecule has 1 saturated heterocycles. The lowest BCUT2D eigenvalue weighted by Gasteiger charge is -2.20. The minimum absolute atomic E-state index is 0.00495. The molecule has 0 radical (unpaired) electrons. The van der Waals surface area contributed by atoms with Gasteiger partial charge in [0.05, 0.1) is 24.9 Å². The van der Waals surface area contributed by atoms with Gasteiger partial charge in [0.15, 0.2) is 0 Å². The maximum Gasteiger partial charge on any atom is 0.267 e. The molecule has 5 rings (SSSR count). The summed E-state index contributed by atoms with van der Waals surface area (Å²) >= 11 is 1.39. The van der Waals surface area contributed by atoms with Crippen molar-refractivity contribution < 1.29 is 4.74 Å². The molecule has 2 unspecified atom stereocenters. The Kier molecular flexibility index (Phi) is 3.41. The number of aromatic nitrogens is 4. The van der Waals surface area contributed by atoms with Gasteiger partial charge in [-0.1, -0.05) is 0 Å². The number of aryl methyl sites for hydroxylation is 2. The molecule has 24 heavy (non-hydrogen) atoms. The third-order valence-electron chi connectivity index (χ3n) is 5.04. The molecule has 0 aromatic carbocycles. The van der Waals surface area contributed by atoms with E-state index in [9.17, 15) is 4.79 Å². The van der Waals surface area contributed by atoms with Crippen LogP contribution in [0.15, 0.2) is 10.9 Å². The lowest BCUT2D eigenvalue weighted by molar-refractivity contribution is 0.182. The van der Waals surface area contributed by atoms with Gasteiger partial charge >= 0.3 is 0 Å². The van der Waals surface area contributed by atoms with Crippen LogP contribution in [0.4, 0.5) is 5.13 Å². The maximum atomic E-state index is 12.5. The first-order valence-electron chi connectivity index (χ1n) is 8.57. The number of hydrogen-bond donors (Lipinski definition) is 1. The molecule has 0 bridgehead atoms. The molecule has 0 spiro atoms. The van der Waals surface area contributed by atoms with Crippen molar-refractivity contribution >= 4 is 16.7 Å². The van der Waals surface area contributed by atoms with Crippen LogP contribution in [-0.4, -0.2) is 38.4 Å². The molecule has 1 N–H and O–H groups in total. The summed E-state index contributed by atoms with van der Waals surface area (Å²) < 4.78 is 11.7. The highest BCUT2D eigenvalue weighted by atomic mass is 32.1. The van der Waals surface area contributed by atoms with Crippen LogP contribution in [0.25, 0.3) is 0 Å². The van der Waals surface area contributed by atoms with Crippen molar-refractivity contribution in [3.63, 3.8) is 0 Å². The molecule has 2 atom stereocenters. The van der Waals surface area contributed by atoms with Crippen LogP contribution in [0.3, 0.4) is 0 Å². The van der Waals surface area contributed by atoms with Crippen molar-refractivity contribution in [2.45, 2.75) is 50.1 Å². The smallest absolute Gasteiger partial charge is 0.267 e. The lowest BCUT2D eigenvalue weighted by atomic mass is 10.1. The van der Waals surface area contributed by atoms with Crippen molar-refractivity contribution in [1.29, 1.82) is 0 Å². The minimum atomic E-state index is -0.100. The molecule has 3 aliphatic rings. The summed E-state index contributed by atoms with van der Waals surface area (Å²) in [6.07, 6.45) is 5.40. The molecule has 2 aliphatic carbocycles. The number of anilines is 1. The molecule has 1 saturated carbocycles. The zero-order valence-corrected chi connectivity index (χ0v) is 14.1. The van der Waals surface area contributed by atoms with E-state index < -0.39 is 0 Å². The highest BCUT2D eigenvalue weighted by Crippen LogP contribution is 2.39. The summed E-state index contributed by atoms with van der Waals surface area (Å²) in [5.41, 5.74) is 2.14. The third kappa shape index (κ3) is 2.53. The average molecular weight is 345 g/mol. The number of ether oxygens (including phenoxy) is 1. The Labute approximate surface area is 143 Å². The molecular weight excluding hydrogens is 326 g/mol. The zero-order valence-electron chi connectivity index (χ0n) is 13.3. The quantitative estimate of drug-likeness (QED) is 0.905. The first-order chi connectivity index (χ1) is 11.8. The minimum Gasteiger partial charge on any atom is -0.377 e. The summed E-state index contributed by atoms with van der Waals surface area (Å²) in [6, 6.07) is 1.65. The molecule has 0 amide bonds. The standard InChI is InChI=1S/C16H19N5O2S/c22-14-6-10-2-1-3-11(10)19-21(14)13-8-23-7-12(13)17-16-18-15(20-24-16)9-4-5-9/h6,9,12-13H,1-5,7-8H2,(H,17,18,20). The zero-order chi connectivity index (χ0) is 16.1. The fourth-order valence-corrected chi connectivity index (χ4v) is 4.24. The van der Waals surface area contributed by atoms with Crippen molar-refractivity contribution in [2.24, 2.45) is 0 Å². The van der Waals surface area contributed by atoms with Gasteiger partial charge in [-0.05, 0) is 37.7 Å². The van der Waals surface area contributed by atoms with E-state index in [0.29, 0.717) is 19.1 Å². The van der Waals surface area contributed by atoms with Crippen LogP contribution < -0.4 is 10.9 Å². The molecule has 7 nitrogen and oxygen atoms in total. The molecule has 2 fully saturated rings. The Morgan fingerprint density at radius 3 is 3.08 bits per heavy atom.